The third-order valence-electron chi connectivity index (χ3n) is 4.79. The topological polar surface area (TPSA) is 82.0 Å². The molecule has 2 heterocycles. The monoisotopic (exact) mass is 385 g/mol. The maximum atomic E-state index is 11.8. The number of aromatic nitrogens is 2. The van der Waals surface area contributed by atoms with Crippen molar-refractivity contribution < 1.29 is 14.6 Å². The average molecular weight is 385 g/mol. The molecule has 1 amide bonds. The van der Waals surface area contributed by atoms with Gasteiger partial charge in [0.05, 0.1) is 18.5 Å². The van der Waals surface area contributed by atoms with Crippen molar-refractivity contribution in [3.05, 3.63) is 42.9 Å². The molecule has 1 fully saturated rings. The van der Waals surface area contributed by atoms with Gasteiger partial charge in [-0.3, -0.25) is 14.8 Å². The van der Waals surface area contributed by atoms with Crippen LogP contribution < -0.4 is 14.5 Å². The van der Waals surface area contributed by atoms with Crippen LogP contribution in [-0.2, 0) is 0 Å². The molecule has 1 saturated heterocycles. The number of para-hydroxylation sites is 2. The van der Waals surface area contributed by atoms with Gasteiger partial charge in [-0.25, -0.2) is 9.78 Å². The molecule has 150 valence electrons. The Balaban J connectivity index is 1.50. The van der Waals surface area contributed by atoms with Crippen LogP contribution in [0.2, 0.25) is 0 Å². The predicted molar refractivity (Wildman–Crippen MR) is 108 cm³/mol. The third kappa shape index (κ3) is 5.10. The molecule has 0 bridgehead atoms. The van der Waals surface area contributed by atoms with E-state index in [1.54, 1.807) is 30.7 Å². The van der Waals surface area contributed by atoms with Crippen molar-refractivity contribution in [3.8, 4) is 5.75 Å². The number of piperazine rings is 1. The van der Waals surface area contributed by atoms with Crippen LogP contribution in [-0.4, -0.2) is 71.9 Å². The molecule has 8 heteroatoms. The van der Waals surface area contributed by atoms with Gasteiger partial charge in [0.2, 0.25) is 0 Å². The smallest absolute Gasteiger partial charge is 0.411 e. The quantitative estimate of drug-likeness (QED) is 0.748. The molecule has 1 aliphatic rings. The van der Waals surface area contributed by atoms with E-state index in [4.69, 9.17) is 4.74 Å². The minimum Gasteiger partial charge on any atom is -0.492 e. The highest BCUT2D eigenvalue weighted by Crippen LogP contribution is 2.28. The second-order valence-corrected chi connectivity index (χ2v) is 6.58. The van der Waals surface area contributed by atoms with Crippen LogP contribution >= 0.6 is 0 Å². The number of ether oxygens (including phenoxy) is 1. The van der Waals surface area contributed by atoms with Gasteiger partial charge in [0.15, 0.2) is 0 Å². The molecule has 0 saturated carbocycles. The minimum absolute atomic E-state index is 0.434. The van der Waals surface area contributed by atoms with E-state index < -0.39 is 6.09 Å². The second-order valence-electron chi connectivity index (χ2n) is 6.58. The van der Waals surface area contributed by atoms with Crippen molar-refractivity contribution in [3.63, 3.8) is 0 Å². The molecule has 0 radical (unpaired) electrons. The number of amides is 1. The van der Waals surface area contributed by atoms with Gasteiger partial charge >= 0.3 is 6.09 Å². The Morgan fingerprint density at radius 3 is 2.68 bits per heavy atom. The number of benzene rings is 1. The van der Waals surface area contributed by atoms with Gasteiger partial charge < -0.3 is 14.7 Å². The van der Waals surface area contributed by atoms with Gasteiger partial charge in [0.25, 0.3) is 0 Å². The Morgan fingerprint density at radius 1 is 1.21 bits per heavy atom. The number of hydrogen-bond acceptors (Lipinski definition) is 6. The molecule has 0 spiro atoms. The van der Waals surface area contributed by atoms with Crippen LogP contribution in [0.1, 0.15) is 13.3 Å². The molecule has 0 aliphatic carbocycles. The van der Waals surface area contributed by atoms with Crippen LogP contribution in [0.3, 0.4) is 0 Å². The van der Waals surface area contributed by atoms with Gasteiger partial charge in [0.1, 0.15) is 11.6 Å². The number of nitrogens with zero attached hydrogens (tertiary/aromatic N) is 5. The summed E-state index contributed by atoms with van der Waals surface area (Å²) in [7, 11) is 0. The molecule has 2 aromatic rings. The lowest BCUT2D eigenvalue weighted by molar-refractivity contribution is 0.200. The highest BCUT2D eigenvalue weighted by Gasteiger charge is 2.21. The summed E-state index contributed by atoms with van der Waals surface area (Å²) in [5.74, 6) is 1.51. The van der Waals surface area contributed by atoms with E-state index in [0.29, 0.717) is 24.6 Å². The van der Waals surface area contributed by atoms with Crippen LogP contribution in [0.4, 0.5) is 16.3 Å². The van der Waals surface area contributed by atoms with Gasteiger partial charge in [-0.1, -0.05) is 12.1 Å². The molecule has 1 N–H and O–H groups in total. The Morgan fingerprint density at radius 2 is 2.00 bits per heavy atom. The Bertz CT molecular complexity index is 751. The normalized spacial score (nSPS) is 14.7. The molecule has 0 atom stereocenters. The van der Waals surface area contributed by atoms with Gasteiger partial charge in [-0.05, 0) is 32.0 Å². The standard InChI is InChI=1S/C20H27N5O3/c1-2-28-18-7-4-3-6-17(18)25(20(26)27)11-5-10-23-12-14-24(15-13-23)19-16-21-8-9-22-19/h3-4,6-9,16H,2,5,10-15H2,1H3,(H,26,27). The number of rotatable bonds is 8. The molecular weight excluding hydrogens is 358 g/mol. The molecule has 0 unspecified atom stereocenters. The van der Waals surface area contributed by atoms with E-state index in [1.807, 2.05) is 19.1 Å². The second kappa shape index (κ2) is 9.89. The first kappa shape index (κ1) is 19.9. The van der Waals surface area contributed by atoms with Crippen molar-refractivity contribution in [2.45, 2.75) is 13.3 Å². The average Bonchev–Trinajstić information content (AvgIpc) is 2.73. The molecule has 8 nitrogen and oxygen atoms in total. The van der Waals surface area contributed by atoms with E-state index >= 15 is 0 Å². The number of anilines is 2. The number of carboxylic acid groups (broad SMARTS) is 1. The Labute approximate surface area is 165 Å². The van der Waals surface area contributed by atoms with Crippen molar-refractivity contribution in [1.82, 2.24) is 14.9 Å². The lowest BCUT2D eigenvalue weighted by Crippen LogP contribution is -2.47. The molecule has 1 aromatic carbocycles. The van der Waals surface area contributed by atoms with E-state index in [9.17, 15) is 9.90 Å². The SMILES string of the molecule is CCOc1ccccc1N(CCCN1CCN(c2cnccn2)CC1)C(=O)O. The summed E-state index contributed by atoms with van der Waals surface area (Å²) in [6, 6.07) is 7.28. The van der Waals surface area contributed by atoms with E-state index in [2.05, 4.69) is 19.8 Å². The van der Waals surface area contributed by atoms with E-state index in [0.717, 1.165) is 45.0 Å². The lowest BCUT2D eigenvalue weighted by atomic mass is 10.2. The zero-order valence-electron chi connectivity index (χ0n) is 16.2. The number of carbonyl (C=O) groups is 1. The zero-order valence-corrected chi connectivity index (χ0v) is 16.2. The van der Waals surface area contributed by atoms with Gasteiger partial charge in [0, 0.05) is 45.1 Å². The van der Waals surface area contributed by atoms with Crippen LogP contribution in [0.15, 0.2) is 42.9 Å². The van der Waals surface area contributed by atoms with Crippen LogP contribution in [0, 0.1) is 0 Å². The van der Waals surface area contributed by atoms with E-state index in [-0.39, 0.29) is 0 Å². The molecular formula is C20H27N5O3. The molecule has 28 heavy (non-hydrogen) atoms. The maximum Gasteiger partial charge on any atom is 0.411 e. The third-order valence-corrected chi connectivity index (χ3v) is 4.79. The first-order valence-corrected chi connectivity index (χ1v) is 9.64. The summed E-state index contributed by atoms with van der Waals surface area (Å²) < 4.78 is 5.59. The largest absolute Gasteiger partial charge is 0.492 e. The Hall–Kier alpha value is -2.87. The highest BCUT2D eigenvalue weighted by molar-refractivity contribution is 5.88. The van der Waals surface area contributed by atoms with Crippen molar-refractivity contribution >= 4 is 17.6 Å². The fourth-order valence-corrected chi connectivity index (χ4v) is 3.38. The summed E-state index contributed by atoms with van der Waals surface area (Å²) in [6.07, 6.45) is 4.98. The van der Waals surface area contributed by atoms with Crippen LogP contribution in [0.5, 0.6) is 5.75 Å². The van der Waals surface area contributed by atoms with Crippen molar-refractivity contribution in [2.24, 2.45) is 0 Å². The molecule has 3 rings (SSSR count). The van der Waals surface area contributed by atoms with E-state index in [1.165, 1.54) is 4.90 Å². The number of hydrogen-bond donors (Lipinski definition) is 1. The first-order valence-electron chi connectivity index (χ1n) is 9.64. The van der Waals surface area contributed by atoms with Gasteiger partial charge in [-0.2, -0.15) is 0 Å². The van der Waals surface area contributed by atoms with Crippen molar-refractivity contribution in [2.75, 3.05) is 55.7 Å². The summed E-state index contributed by atoms with van der Waals surface area (Å²) in [4.78, 5) is 26.2. The lowest BCUT2D eigenvalue weighted by Gasteiger charge is -2.35. The zero-order chi connectivity index (χ0) is 19.8. The maximum absolute atomic E-state index is 11.8. The summed E-state index contributed by atoms with van der Waals surface area (Å²) >= 11 is 0. The minimum atomic E-state index is -0.959. The van der Waals surface area contributed by atoms with Crippen molar-refractivity contribution in [1.29, 1.82) is 0 Å². The molecule has 1 aliphatic heterocycles. The Kier molecular flexibility index (Phi) is 7.02. The van der Waals surface area contributed by atoms with Gasteiger partial charge in [-0.15, -0.1) is 0 Å². The van der Waals surface area contributed by atoms with Crippen LogP contribution in [0.25, 0.3) is 0 Å². The predicted octanol–water partition coefficient (Wildman–Crippen LogP) is 2.57. The summed E-state index contributed by atoms with van der Waals surface area (Å²) in [5.41, 5.74) is 0.601. The summed E-state index contributed by atoms with van der Waals surface area (Å²) in [6.45, 7) is 7.34. The highest BCUT2D eigenvalue weighted by atomic mass is 16.5. The summed E-state index contributed by atoms with van der Waals surface area (Å²) in [5, 5.41) is 9.65. The fraction of sp³-hybridized carbons (Fsp3) is 0.450. The fourth-order valence-electron chi connectivity index (χ4n) is 3.38. The first-order chi connectivity index (χ1) is 13.7. The molecule has 1 aromatic heterocycles.